The van der Waals surface area contributed by atoms with Crippen molar-refractivity contribution in [3.63, 3.8) is 0 Å². The predicted octanol–water partition coefficient (Wildman–Crippen LogP) is 3.07. The zero-order valence-electron chi connectivity index (χ0n) is 10.3. The van der Waals surface area contributed by atoms with Crippen molar-refractivity contribution in [2.24, 2.45) is 0 Å². The van der Waals surface area contributed by atoms with E-state index in [2.05, 4.69) is 35.7 Å². The van der Waals surface area contributed by atoms with E-state index in [0.29, 0.717) is 6.04 Å². The number of thioether (sulfide) groups is 1. The molecule has 0 aromatic carbocycles. The highest BCUT2D eigenvalue weighted by atomic mass is 32.2. The molecule has 2 N–H and O–H groups in total. The Morgan fingerprint density at radius 3 is 2.81 bits per heavy atom. The van der Waals surface area contributed by atoms with Crippen molar-refractivity contribution >= 4 is 23.4 Å². The molecule has 90 valence electrons. The molecule has 1 atom stereocenters. The minimum atomic E-state index is 0.448. The molecule has 3 nitrogen and oxygen atoms in total. The molecule has 1 heterocycles. The molecule has 1 aromatic rings. The highest BCUT2D eigenvalue weighted by Gasteiger charge is 2.02. The Morgan fingerprint density at radius 2 is 2.12 bits per heavy atom. The van der Waals surface area contributed by atoms with Crippen molar-refractivity contribution in [3.05, 3.63) is 18.2 Å². The van der Waals surface area contributed by atoms with Crippen LogP contribution in [0.2, 0.25) is 0 Å². The molecule has 0 radical (unpaired) electrons. The fourth-order valence-electron chi connectivity index (χ4n) is 1.41. The van der Waals surface area contributed by atoms with E-state index in [9.17, 15) is 0 Å². The Morgan fingerprint density at radius 1 is 1.38 bits per heavy atom. The molecule has 0 saturated heterocycles. The van der Waals surface area contributed by atoms with Crippen LogP contribution in [-0.2, 0) is 0 Å². The molecule has 1 aromatic heterocycles. The molecule has 0 amide bonds. The van der Waals surface area contributed by atoms with Gasteiger partial charge in [-0.05, 0) is 31.7 Å². The van der Waals surface area contributed by atoms with Gasteiger partial charge in [-0.2, -0.15) is 11.8 Å². The highest BCUT2D eigenvalue weighted by molar-refractivity contribution is 7.98. The standard InChI is InChI=1S/C12H21N3S/c1-4-8-13-11-6-5-7-12(15-11)14-10(2)9-16-3/h5-7,10H,4,8-9H2,1-3H3,(H2,13,14,15). The average Bonchev–Trinajstić information content (AvgIpc) is 2.27. The minimum Gasteiger partial charge on any atom is -0.370 e. The van der Waals surface area contributed by atoms with Crippen LogP contribution in [-0.4, -0.2) is 29.6 Å². The third-order valence-corrected chi connectivity index (χ3v) is 2.95. The van der Waals surface area contributed by atoms with Crippen LogP contribution in [0.3, 0.4) is 0 Å². The summed E-state index contributed by atoms with van der Waals surface area (Å²) in [6.07, 6.45) is 3.23. The summed E-state index contributed by atoms with van der Waals surface area (Å²) >= 11 is 1.84. The zero-order valence-corrected chi connectivity index (χ0v) is 11.1. The summed E-state index contributed by atoms with van der Waals surface area (Å²) < 4.78 is 0. The van der Waals surface area contributed by atoms with Gasteiger partial charge in [0.15, 0.2) is 0 Å². The Balaban J connectivity index is 2.52. The number of nitrogens with zero attached hydrogens (tertiary/aromatic N) is 1. The van der Waals surface area contributed by atoms with E-state index >= 15 is 0 Å². The number of hydrogen-bond acceptors (Lipinski definition) is 4. The van der Waals surface area contributed by atoms with E-state index in [4.69, 9.17) is 0 Å². The molecule has 1 unspecified atom stereocenters. The topological polar surface area (TPSA) is 37.0 Å². The maximum Gasteiger partial charge on any atom is 0.128 e. The largest absolute Gasteiger partial charge is 0.370 e. The lowest BCUT2D eigenvalue weighted by Crippen LogP contribution is -2.18. The zero-order chi connectivity index (χ0) is 11.8. The summed E-state index contributed by atoms with van der Waals surface area (Å²) in [5.74, 6) is 2.99. The summed E-state index contributed by atoms with van der Waals surface area (Å²) in [6, 6.07) is 6.48. The molecule has 0 saturated carbocycles. The van der Waals surface area contributed by atoms with Crippen LogP contribution in [0.1, 0.15) is 20.3 Å². The van der Waals surface area contributed by atoms with Crippen molar-refractivity contribution in [2.75, 3.05) is 29.2 Å². The Labute approximate surface area is 102 Å². The van der Waals surface area contributed by atoms with Gasteiger partial charge in [-0.25, -0.2) is 4.98 Å². The van der Waals surface area contributed by atoms with Gasteiger partial charge in [-0.15, -0.1) is 0 Å². The molecular formula is C12H21N3S. The molecule has 4 heteroatoms. The lowest BCUT2D eigenvalue weighted by Gasteiger charge is -2.14. The van der Waals surface area contributed by atoms with Crippen LogP contribution in [0.4, 0.5) is 11.6 Å². The van der Waals surface area contributed by atoms with Gasteiger partial charge in [-0.1, -0.05) is 13.0 Å². The lowest BCUT2D eigenvalue weighted by atomic mass is 10.3. The minimum absolute atomic E-state index is 0.448. The SMILES string of the molecule is CCCNc1cccc(NC(C)CSC)n1. The number of nitrogens with one attached hydrogen (secondary N) is 2. The Bertz CT molecular complexity index is 304. The Kier molecular flexibility index (Phi) is 6.08. The fourth-order valence-corrected chi connectivity index (χ4v) is 1.99. The Hall–Kier alpha value is -0.900. The first-order valence-corrected chi connectivity index (χ1v) is 7.12. The molecule has 0 aliphatic heterocycles. The summed E-state index contributed by atoms with van der Waals surface area (Å²) in [4.78, 5) is 4.50. The second-order valence-electron chi connectivity index (χ2n) is 3.84. The number of rotatable bonds is 7. The van der Waals surface area contributed by atoms with Crippen LogP contribution in [0, 0.1) is 0 Å². The number of anilines is 2. The van der Waals surface area contributed by atoms with Crippen LogP contribution in [0.25, 0.3) is 0 Å². The third kappa shape index (κ3) is 4.75. The van der Waals surface area contributed by atoms with Gasteiger partial charge in [0.05, 0.1) is 0 Å². The van der Waals surface area contributed by atoms with Crippen molar-refractivity contribution in [2.45, 2.75) is 26.3 Å². The predicted molar refractivity (Wildman–Crippen MR) is 74.5 cm³/mol. The van der Waals surface area contributed by atoms with Crippen LogP contribution < -0.4 is 10.6 Å². The molecule has 0 spiro atoms. The molecular weight excluding hydrogens is 218 g/mol. The first-order chi connectivity index (χ1) is 7.76. The summed E-state index contributed by atoms with van der Waals surface area (Å²) in [6.45, 7) is 5.29. The van der Waals surface area contributed by atoms with Gasteiger partial charge in [0.1, 0.15) is 11.6 Å². The molecule has 16 heavy (non-hydrogen) atoms. The van der Waals surface area contributed by atoms with Crippen molar-refractivity contribution < 1.29 is 0 Å². The van der Waals surface area contributed by atoms with Gasteiger partial charge in [0.25, 0.3) is 0 Å². The van der Waals surface area contributed by atoms with Crippen molar-refractivity contribution in [1.29, 1.82) is 0 Å². The van der Waals surface area contributed by atoms with E-state index in [0.717, 1.165) is 30.4 Å². The molecule has 0 aliphatic rings. The molecule has 0 fully saturated rings. The second-order valence-corrected chi connectivity index (χ2v) is 4.75. The maximum absolute atomic E-state index is 4.50. The van der Waals surface area contributed by atoms with E-state index < -0.39 is 0 Å². The first-order valence-electron chi connectivity index (χ1n) is 5.72. The summed E-state index contributed by atoms with van der Waals surface area (Å²) in [5.41, 5.74) is 0. The molecule has 1 rings (SSSR count). The first kappa shape index (κ1) is 13.2. The van der Waals surface area contributed by atoms with Gasteiger partial charge in [0, 0.05) is 18.3 Å². The number of hydrogen-bond donors (Lipinski definition) is 2. The van der Waals surface area contributed by atoms with Crippen LogP contribution >= 0.6 is 11.8 Å². The smallest absolute Gasteiger partial charge is 0.128 e. The quantitative estimate of drug-likeness (QED) is 0.767. The fraction of sp³-hybridized carbons (Fsp3) is 0.583. The number of aromatic nitrogens is 1. The van der Waals surface area contributed by atoms with Crippen molar-refractivity contribution in [1.82, 2.24) is 4.98 Å². The normalized spacial score (nSPS) is 12.2. The lowest BCUT2D eigenvalue weighted by molar-refractivity contribution is 0.901. The van der Waals surface area contributed by atoms with Crippen LogP contribution in [0.15, 0.2) is 18.2 Å². The van der Waals surface area contributed by atoms with Crippen molar-refractivity contribution in [3.8, 4) is 0 Å². The van der Waals surface area contributed by atoms with E-state index in [1.807, 2.05) is 30.0 Å². The monoisotopic (exact) mass is 239 g/mol. The van der Waals surface area contributed by atoms with Crippen LogP contribution in [0.5, 0.6) is 0 Å². The van der Waals surface area contributed by atoms with Gasteiger partial charge >= 0.3 is 0 Å². The summed E-state index contributed by atoms with van der Waals surface area (Å²) in [7, 11) is 0. The highest BCUT2D eigenvalue weighted by Crippen LogP contribution is 2.11. The van der Waals surface area contributed by atoms with E-state index in [1.165, 1.54) is 0 Å². The molecule has 0 bridgehead atoms. The van der Waals surface area contributed by atoms with E-state index in [1.54, 1.807) is 0 Å². The molecule has 0 aliphatic carbocycles. The second kappa shape index (κ2) is 7.39. The summed E-state index contributed by atoms with van der Waals surface area (Å²) in [5, 5.41) is 6.67. The average molecular weight is 239 g/mol. The van der Waals surface area contributed by atoms with Gasteiger partial charge < -0.3 is 10.6 Å². The number of pyridine rings is 1. The van der Waals surface area contributed by atoms with Gasteiger partial charge in [-0.3, -0.25) is 0 Å². The maximum atomic E-state index is 4.50. The van der Waals surface area contributed by atoms with E-state index in [-0.39, 0.29) is 0 Å². The van der Waals surface area contributed by atoms with Gasteiger partial charge in [0.2, 0.25) is 0 Å². The third-order valence-electron chi connectivity index (χ3n) is 2.12.